The highest BCUT2D eigenvalue weighted by Crippen LogP contribution is 2.32. The van der Waals surface area contributed by atoms with E-state index >= 15 is 0 Å². The molecule has 0 saturated heterocycles. The number of pyridine rings is 1. The largest absolute Gasteiger partial charge is 0.493 e. The number of carbonyl (C=O) groups is 1. The molecule has 0 radical (unpaired) electrons. The Morgan fingerprint density at radius 1 is 0.850 bits per heavy atom. The third-order valence-electron chi connectivity index (χ3n) is 6.23. The molecule has 5 rings (SSSR count). The minimum Gasteiger partial charge on any atom is -0.493 e. The summed E-state index contributed by atoms with van der Waals surface area (Å²) in [4.78, 5) is 18.1. The van der Waals surface area contributed by atoms with E-state index in [2.05, 4.69) is 10.5 Å². The quantitative estimate of drug-likeness (QED) is 0.161. The number of para-hydroxylation sites is 2. The van der Waals surface area contributed by atoms with E-state index in [4.69, 9.17) is 19.2 Å². The molecule has 0 aliphatic heterocycles. The van der Waals surface area contributed by atoms with E-state index in [1.165, 1.54) is 0 Å². The molecule has 0 spiro atoms. The van der Waals surface area contributed by atoms with Crippen LogP contribution in [0.25, 0.3) is 22.2 Å². The van der Waals surface area contributed by atoms with Gasteiger partial charge in [-0.2, -0.15) is 5.10 Å². The Kier molecular flexibility index (Phi) is 8.32. The highest BCUT2D eigenvalue weighted by Gasteiger charge is 2.16. The molecule has 200 valence electrons. The molecule has 4 aromatic carbocycles. The molecule has 40 heavy (non-hydrogen) atoms. The number of hydrogen-bond donors (Lipinski definition) is 1. The number of aromatic nitrogens is 1. The summed E-state index contributed by atoms with van der Waals surface area (Å²) in [6.07, 6.45) is 1.57. The molecule has 1 heterocycles. The molecule has 1 amide bonds. The zero-order valence-electron chi connectivity index (χ0n) is 22.3. The lowest BCUT2D eigenvalue weighted by Crippen LogP contribution is -2.18. The summed E-state index contributed by atoms with van der Waals surface area (Å²) in [7, 11) is 1.59. The van der Waals surface area contributed by atoms with Crippen molar-refractivity contribution in [1.82, 2.24) is 10.4 Å². The second-order valence-corrected chi connectivity index (χ2v) is 8.89. The van der Waals surface area contributed by atoms with Crippen LogP contribution in [0.2, 0.25) is 0 Å². The van der Waals surface area contributed by atoms with Crippen LogP contribution in [-0.2, 0) is 6.61 Å². The molecule has 1 aromatic heterocycles. The smallest absolute Gasteiger partial charge is 0.272 e. The fourth-order valence-electron chi connectivity index (χ4n) is 4.31. The van der Waals surface area contributed by atoms with E-state index < -0.39 is 0 Å². The number of fused-ring (bicyclic) bond motifs is 1. The molecule has 0 unspecified atom stereocenters. The molecular formula is C33H29N3O4. The maximum atomic E-state index is 13.3. The maximum Gasteiger partial charge on any atom is 0.272 e. The minimum absolute atomic E-state index is 0.347. The Morgan fingerprint density at radius 3 is 2.45 bits per heavy atom. The van der Waals surface area contributed by atoms with Gasteiger partial charge < -0.3 is 14.2 Å². The van der Waals surface area contributed by atoms with Crippen molar-refractivity contribution in [3.63, 3.8) is 0 Å². The number of nitrogens with zero attached hydrogens (tertiary/aromatic N) is 2. The molecule has 7 heteroatoms. The lowest BCUT2D eigenvalue weighted by Gasteiger charge is -2.12. The predicted octanol–water partition coefficient (Wildman–Crippen LogP) is 6.65. The summed E-state index contributed by atoms with van der Waals surface area (Å²) in [5.41, 5.74) is 7.09. The van der Waals surface area contributed by atoms with Gasteiger partial charge in [0.2, 0.25) is 0 Å². The summed E-state index contributed by atoms with van der Waals surface area (Å²) < 4.78 is 17.2. The number of methoxy groups -OCH3 is 1. The highest BCUT2D eigenvalue weighted by atomic mass is 16.5. The summed E-state index contributed by atoms with van der Waals surface area (Å²) in [5, 5.41) is 4.94. The fourth-order valence-corrected chi connectivity index (χ4v) is 4.31. The number of hydrazone groups is 1. The average Bonchev–Trinajstić information content (AvgIpc) is 3.00. The van der Waals surface area contributed by atoms with Gasteiger partial charge in [0, 0.05) is 10.9 Å². The second-order valence-electron chi connectivity index (χ2n) is 8.89. The number of rotatable bonds is 10. The number of nitrogens with one attached hydrogen (secondary N) is 1. The van der Waals surface area contributed by atoms with Crippen molar-refractivity contribution in [1.29, 1.82) is 0 Å². The first kappa shape index (κ1) is 26.4. The third-order valence-corrected chi connectivity index (χ3v) is 6.23. The summed E-state index contributed by atoms with van der Waals surface area (Å²) in [6.45, 7) is 2.89. The molecule has 7 nitrogen and oxygen atoms in total. The monoisotopic (exact) mass is 531 g/mol. The molecule has 0 aliphatic rings. The SMILES string of the molecule is CCOc1ccccc1-c1cc(C(=O)N/N=C\c2ccc(OCc3ccccc3)c(OC)c2)c2ccccc2n1. The molecular weight excluding hydrogens is 502 g/mol. The van der Waals surface area contributed by atoms with Crippen LogP contribution in [0, 0.1) is 0 Å². The van der Waals surface area contributed by atoms with Gasteiger partial charge in [0.1, 0.15) is 12.4 Å². The number of ether oxygens (including phenoxy) is 3. The zero-order chi connectivity index (χ0) is 27.7. The van der Waals surface area contributed by atoms with Crippen molar-refractivity contribution in [3.8, 4) is 28.5 Å². The zero-order valence-corrected chi connectivity index (χ0v) is 22.3. The molecule has 0 saturated carbocycles. The van der Waals surface area contributed by atoms with Crippen LogP contribution in [0.1, 0.15) is 28.4 Å². The summed E-state index contributed by atoms with van der Waals surface area (Å²) in [5.74, 6) is 1.56. The predicted molar refractivity (Wildman–Crippen MR) is 157 cm³/mol. The van der Waals surface area contributed by atoms with Gasteiger partial charge in [0.25, 0.3) is 5.91 Å². The molecule has 0 aliphatic carbocycles. The lowest BCUT2D eigenvalue weighted by molar-refractivity contribution is 0.0956. The van der Waals surface area contributed by atoms with Gasteiger partial charge in [-0.25, -0.2) is 10.4 Å². The first-order valence-corrected chi connectivity index (χ1v) is 13.0. The van der Waals surface area contributed by atoms with Crippen molar-refractivity contribution < 1.29 is 19.0 Å². The molecule has 0 fully saturated rings. The van der Waals surface area contributed by atoms with Crippen LogP contribution >= 0.6 is 0 Å². The lowest BCUT2D eigenvalue weighted by atomic mass is 10.0. The van der Waals surface area contributed by atoms with E-state index in [0.29, 0.717) is 47.2 Å². The van der Waals surface area contributed by atoms with Crippen LogP contribution in [0.3, 0.4) is 0 Å². The van der Waals surface area contributed by atoms with E-state index in [9.17, 15) is 4.79 Å². The summed E-state index contributed by atoms with van der Waals surface area (Å²) >= 11 is 0. The van der Waals surface area contributed by atoms with Crippen LogP contribution in [-0.4, -0.2) is 30.8 Å². The number of amides is 1. The highest BCUT2D eigenvalue weighted by molar-refractivity contribution is 6.07. The van der Waals surface area contributed by atoms with Gasteiger partial charge in [-0.15, -0.1) is 0 Å². The van der Waals surface area contributed by atoms with E-state index in [1.807, 2.05) is 97.9 Å². The minimum atomic E-state index is -0.347. The van der Waals surface area contributed by atoms with Crippen molar-refractivity contribution in [2.24, 2.45) is 5.10 Å². The third kappa shape index (κ3) is 6.10. The molecule has 0 bridgehead atoms. The maximum absolute atomic E-state index is 13.3. The molecule has 1 N–H and O–H groups in total. The van der Waals surface area contributed by atoms with Crippen LogP contribution in [0.15, 0.2) is 108 Å². The number of carbonyl (C=O) groups excluding carboxylic acids is 1. The second kappa shape index (κ2) is 12.6. The van der Waals surface area contributed by atoms with Crippen LogP contribution < -0.4 is 19.6 Å². The Morgan fingerprint density at radius 2 is 1.62 bits per heavy atom. The van der Waals surface area contributed by atoms with Crippen LogP contribution in [0.5, 0.6) is 17.2 Å². The first-order chi connectivity index (χ1) is 19.7. The summed E-state index contributed by atoms with van der Waals surface area (Å²) in [6, 6.07) is 32.4. The normalized spacial score (nSPS) is 10.9. The van der Waals surface area contributed by atoms with E-state index in [-0.39, 0.29) is 5.91 Å². The van der Waals surface area contributed by atoms with Crippen molar-refractivity contribution in [3.05, 3.63) is 120 Å². The standard InChI is InChI=1S/C33H29N3O4/c1-3-39-30-16-10-8-14-26(30)29-20-27(25-13-7-9-15-28(25)35-29)33(37)36-34-21-24-17-18-31(32(19-24)38-2)40-22-23-11-5-4-6-12-23/h4-21H,3,22H2,1-2H3,(H,36,37)/b34-21-. The van der Waals surface area contributed by atoms with E-state index in [0.717, 1.165) is 22.1 Å². The van der Waals surface area contributed by atoms with Crippen molar-refractivity contribution in [2.75, 3.05) is 13.7 Å². The average molecular weight is 532 g/mol. The Balaban J connectivity index is 1.35. The van der Waals surface area contributed by atoms with Crippen molar-refractivity contribution in [2.45, 2.75) is 13.5 Å². The fraction of sp³-hybridized carbons (Fsp3) is 0.121. The number of hydrogen-bond acceptors (Lipinski definition) is 6. The Labute approximate surface area is 233 Å². The van der Waals surface area contributed by atoms with Gasteiger partial charge in [0.15, 0.2) is 11.5 Å². The van der Waals surface area contributed by atoms with Gasteiger partial charge in [-0.3, -0.25) is 4.79 Å². The molecule has 0 atom stereocenters. The van der Waals surface area contributed by atoms with Gasteiger partial charge in [-0.1, -0.05) is 60.7 Å². The van der Waals surface area contributed by atoms with Crippen molar-refractivity contribution >= 4 is 23.0 Å². The number of benzene rings is 4. The van der Waals surface area contributed by atoms with Gasteiger partial charge >= 0.3 is 0 Å². The molecule has 5 aromatic rings. The van der Waals surface area contributed by atoms with Gasteiger partial charge in [-0.05, 0) is 60.5 Å². The Hall–Kier alpha value is -5.17. The topological polar surface area (TPSA) is 82.0 Å². The van der Waals surface area contributed by atoms with Gasteiger partial charge in [0.05, 0.1) is 36.7 Å². The van der Waals surface area contributed by atoms with Crippen LogP contribution in [0.4, 0.5) is 0 Å². The van der Waals surface area contributed by atoms with E-state index in [1.54, 1.807) is 25.5 Å². The Bertz CT molecular complexity index is 1650. The first-order valence-electron chi connectivity index (χ1n) is 13.0.